The van der Waals surface area contributed by atoms with E-state index in [0.717, 1.165) is 5.56 Å². The van der Waals surface area contributed by atoms with Crippen molar-refractivity contribution in [3.63, 3.8) is 0 Å². The topological polar surface area (TPSA) is 73.6 Å². The molecular weight excluding hydrogens is 232 g/mol. The quantitative estimate of drug-likeness (QED) is 0.857. The number of aliphatic hydroxyl groups excluding tert-OH is 1. The van der Waals surface area contributed by atoms with Gasteiger partial charge in [0, 0.05) is 6.54 Å². The maximum atomic E-state index is 11.6. The van der Waals surface area contributed by atoms with Gasteiger partial charge in [0.1, 0.15) is 6.61 Å². The molecule has 0 aromatic heterocycles. The second-order valence-electron chi connectivity index (χ2n) is 3.62. The van der Waals surface area contributed by atoms with Crippen molar-refractivity contribution in [3.05, 3.63) is 35.4 Å². The summed E-state index contributed by atoms with van der Waals surface area (Å²) < 4.78 is 4.84. The Bertz CT molecular complexity index is 440. The fourth-order valence-electron chi connectivity index (χ4n) is 1.50. The van der Waals surface area contributed by atoms with Gasteiger partial charge in [-0.1, -0.05) is 18.2 Å². The molecule has 0 radical (unpaired) electrons. The maximum Gasteiger partial charge on any atom is 0.410 e. The average Bonchev–Trinajstić information content (AvgIpc) is 2.42. The number of hydrogen-bond acceptors (Lipinski definition) is 4. The van der Waals surface area contributed by atoms with Crippen molar-refractivity contribution < 1.29 is 14.6 Å². The van der Waals surface area contributed by atoms with Crippen LogP contribution in [-0.4, -0.2) is 35.9 Å². The summed E-state index contributed by atoms with van der Waals surface area (Å²) in [6.07, 6.45) is -0.487. The zero-order valence-electron chi connectivity index (χ0n) is 10.3. The van der Waals surface area contributed by atoms with Gasteiger partial charge in [0.05, 0.1) is 24.8 Å². The van der Waals surface area contributed by atoms with Crippen LogP contribution in [0.1, 0.15) is 18.1 Å². The zero-order valence-corrected chi connectivity index (χ0v) is 10.3. The third-order valence-corrected chi connectivity index (χ3v) is 2.46. The van der Waals surface area contributed by atoms with E-state index in [9.17, 15) is 4.79 Å². The standard InChI is InChI=1S/C13H16N2O3/c1-2-15(13(17)18-8-7-16)10-12-6-4-3-5-11(12)9-14/h3-6,16H,2,7-8,10H2,1H3. The first kappa shape index (κ1) is 14.0. The largest absolute Gasteiger partial charge is 0.447 e. The predicted octanol–water partition coefficient (Wildman–Crippen LogP) is 1.51. The third kappa shape index (κ3) is 3.75. The number of rotatable bonds is 5. The summed E-state index contributed by atoms with van der Waals surface area (Å²) in [5.74, 6) is 0. The molecule has 1 N–H and O–H groups in total. The molecule has 0 saturated carbocycles. The molecule has 1 rings (SSSR count). The Balaban J connectivity index is 2.74. The summed E-state index contributed by atoms with van der Waals surface area (Å²) in [4.78, 5) is 13.1. The molecule has 0 bridgehead atoms. The summed E-state index contributed by atoms with van der Waals surface area (Å²) in [7, 11) is 0. The second-order valence-corrected chi connectivity index (χ2v) is 3.62. The van der Waals surface area contributed by atoms with Gasteiger partial charge < -0.3 is 14.7 Å². The molecule has 0 atom stereocenters. The van der Waals surface area contributed by atoms with Crippen molar-refractivity contribution in [1.82, 2.24) is 4.90 Å². The van der Waals surface area contributed by atoms with Crippen molar-refractivity contribution in [2.24, 2.45) is 0 Å². The highest BCUT2D eigenvalue weighted by molar-refractivity contribution is 5.67. The number of nitrogens with zero attached hydrogens (tertiary/aromatic N) is 2. The van der Waals surface area contributed by atoms with Crippen molar-refractivity contribution in [2.75, 3.05) is 19.8 Å². The Morgan fingerprint density at radius 1 is 1.50 bits per heavy atom. The van der Waals surface area contributed by atoms with Crippen LogP contribution in [0.4, 0.5) is 4.79 Å². The highest BCUT2D eigenvalue weighted by Gasteiger charge is 2.14. The molecule has 0 fully saturated rings. The lowest BCUT2D eigenvalue weighted by atomic mass is 10.1. The van der Waals surface area contributed by atoms with E-state index in [1.807, 2.05) is 13.0 Å². The minimum absolute atomic E-state index is 0.0186. The maximum absolute atomic E-state index is 11.6. The highest BCUT2D eigenvalue weighted by atomic mass is 16.6. The number of hydrogen-bond donors (Lipinski definition) is 1. The van der Waals surface area contributed by atoms with Crippen molar-refractivity contribution >= 4 is 6.09 Å². The first-order valence-corrected chi connectivity index (χ1v) is 5.73. The monoisotopic (exact) mass is 248 g/mol. The molecule has 0 saturated heterocycles. The minimum Gasteiger partial charge on any atom is -0.447 e. The lowest BCUT2D eigenvalue weighted by Gasteiger charge is -2.20. The molecule has 0 aliphatic rings. The van der Waals surface area contributed by atoms with Crippen LogP contribution in [-0.2, 0) is 11.3 Å². The average molecular weight is 248 g/mol. The van der Waals surface area contributed by atoms with E-state index >= 15 is 0 Å². The second kappa shape index (κ2) is 7.30. The van der Waals surface area contributed by atoms with Crippen molar-refractivity contribution in [1.29, 1.82) is 5.26 Å². The van der Waals surface area contributed by atoms with Crippen LogP contribution in [0.2, 0.25) is 0 Å². The smallest absolute Gasteiger partial charge is 0.410 e. The minimum atomic E-state index is -0.487. The van der Waals surface area contributed by atoms with E-state index in [2.05, 4.69) is 6.07 Å². The predicted molar refractivity (Wildman–Crippen MR) is 65.7 cm³/mol. The van der Waals surface area contributed by atoms with Gasteiger partial charge >= 0.3 is 6.09 Å². The number of carbonyl (C=O) groups is 1. The fraction of sp³-hybridized carbons (Fsp3) is 0.385. The summed E-state index contributed by atoms with van der Waals surface area (Å²) in [5, 5.41) is 17.6. The number of benzene rings is 1. The van der Waals surface area contributed by atoms with Gasteiger partial charge in [-0.2, -0.15) is 5.26 Å². The number of nitriles is 1. The molecule has 0 unspecified atom stereocenters. The van der Waals surface area contributed by atoms with Crippen LogP contribution in [0.15, 0.2) is 24.3 Å². The van der Waals surface area contributed by atoms with Crippen molar-refractivity contribution in [3.8, 4) is 6.07 Å². The van der Waals surface area contributed by atoms with Crippen LogP contribution in [0, 0.1) is 11.3 Å². The van der Waals surface area contributed by atoms with Gasteiger partial charge in [0.15, 0.2) is 0 Å². The number of carbonyl (C=O) groups excluding carboxylic acids is 1. The molecule has 1 aromatic rings. The molecule has 0 heterocycles. The normalized spacial score (nSPS) is 9.61. The third-order valence-electron chi connectivity index (χ3n) is 2.46. The SMILES string of the molecule is CCN(Cc1ccccc1C#N)C(=O)OCCO. The summed E-state index contributed by atoms with van der Waals surface area (Å²) >= 11 is 0. The molecule has 0 spiro atoms. The molecular formula is C13H16N2O3. The molecule has 1 amide bonds. The van der Waals surface area contributed by atoms with Crippen LogP contribution in [0.5, 0.6) is 0 Å². The Kier molecular flexibility index (Phi) is 5.68. The molecule has 0 aliphatic heterocycles. The van der Waals surface area contributed by atoms with Gasteiger partial charge in [-0.15, -0.1) is 0 Å². The van der Waals surface area contributed by atoms with E-state index in [0.29, 0.717) is 18.7 Å². The summed E-state index contributed by atoms with van der Waals surface area (Å²) in [6, 6.07) is 9.21. The Hall–Kier alpha value is -2.06. The van der Waals surface area contributed by atoms with Crippen LogP contribution >= 0.6 is 0 Å². The summed E-state index contributed by atoms with van der Waals surface area (Å²) in [5.41, 5.74) is 1.33. The molecule has 5 nitrogen and oxygen atoms in total. The molecule has 96 valence electrons. The van der Waals surface area contributed by atoms with Gasteiger partial charge in [-0.25, -0.2) is 4.79 Å². The van der Waals surface area contributed by atoms with E-state index in [-0.39, 0.29) is 13.2 Å². The highest BCUT2D eigenvalue weighted by Crippen LogP contribution is 2.11. The Labute approximate surface area is 106 Å². The molecule has 1 aromatic carbocycles. The van der Waals surface area contributed by atoms with Gasteiger partial charge in [-0.05, 0) is 18.6 Å². The van der Waals surface area contributed by atoms with E-state index in [4.69, 9.17) is 15.1 Å². The molecule has 0 aliphatic carbocycles. The van der Waals surface area contributed by atoms with Gasteiger partial charge in [0.25, 0.3) is 0 Å². The summed E-state index contributed by atoms with van der Waals surface area (Å²) in [6.45, 7) is 2.41. The lowest BCUT2D eigenvalue weighted by molar-refractivity contribution is 0.0836. The van der Waals surface area contributed by atoms with Gasteiger partial charge in [0.2, 0.25) is 0 Å². The lowest BCUT2D eigenvalue weighted by Crippen LogP contribution is -2.31. The molecule has 18 heavy (non-hydrogen) atoms. The van der Waals surface area contributed by atoms with Crippen molar-refractivity contribution in [2.45, 2.75) is 13.5 Å². The number of aliphatic hydroxyl groups is 1. The van der Waals surface area contributed by atoms with Crippen LogP contribution in [0.25, 0.3) is 0 Å². The fourth-order valence-corrected chi connectivity index (χ4v) is 1.50. The van der Waals surface area contributed by atoms with Gasteiger partial charge in [-0.3, -0.25) is 0 Å². The zero-order chi connectivity index (χ0) is 13.4. The number of amides is 1. The van der Waals surface area contributed by atoms with E-state index < -0.39 is 6.09 Å². The Morgan fingerprint density at radius 3 is 2.83 bits per heavy atom. The van der Waals surface area contributed by atoms with E-state index in [1.54, 1.807) is 18.2 Å². The van der Waals surface area contributed by atoms with Crippen LogP contribution < -0.4 is 0 Å². The van der Waals surface area contributed by atoms with Crippen LogP contribution in [0.3, 0.4) is 0 Å². The number of ether oxygens (including phenoxy) is 1. The molecule has 5 heteroatoms. The Morgan fingerprint density at radius 2 is 2.22 bits per heavy atom. The van der Waals surface area contributed by atoms with E-state index in [1.165, 1.54) is 4.90 Å². The first-order valence-electron chi connectivity index (χ1n) is 5.73. The first-order chi connectivity index (χ1) is 8.72.